The predicted molar refractivity (Wildman–Crippen MR) is 70.5 cm³/mol. The topological polar surface area (TPSA) is 100 Å². The number of nitrogens with one attached hydrogen (secondary N) is 1. The molecule has 2 aromatic rings. The average molecular weight is 342 g/mol. The Morgan fingerprint density at radius 3 is 2.74 bits per heavy atom. The first kappa shape index (κ1) is 13.6. The maximum absolute atomic E-state index is 10.5. The van der Waals surface area contributed by atoms with Gasteiger partial charge in [-0.05, 0) is 24.3 Å². The zero-order valence-electron chi connectivity index (χ0n) is 9.32. The van der Waals surface area contributed by atoms with Crippen molar-refractivity contribution in [2.45, 2.75) is 0 Å². The molecule has 0 saturated heterocycles. The van der Waals surface area contributed by atoms with Crippen molar-refractivity contribution in [2.24, 2.45) is 0 Å². The minimum atomic E-state index is -2.80. The van der Waals surface area contributed by atoms with Gasteiger partial charge < -0.3 is 0 Å². The van der Waals surface area contributed by atoms with Gasteiger partial charge in [0.05, 0.1) is 5.69 Å². The summed E-state index contributed by atoms with van der Waals surface area (Å²) in [6.07, 6.45) is 0. The van der Waals surface area contributed by atoms with Crippen LogP contribution in [0.15, 0.2) is 34.8 Å². The van der Waals surface area contributed by atoms with E-state index in [-0.39, 0.29) is 11.5 Å². The fourth-order valence-corrected chi connectivity index (χ4v) is 1.81. The second kappa shape index (κ2) is 5.91. The molecule has 0 aliphatic rings. The highest BCUT2D eigenvalue weighted by Gasteiger charge is 2.16. The van der Waals surface area contributed by atoms with E-state index in [9.17, 15) is 4.57 Å². The summed E-state index contributed by atoms with van der Waals surface area (Å²) in [5, 5.41) is 12.9. The molecule has 1 unspecified atom stereocenters. The number of rotatable bonds is 4. The molecule has 0 bridgehead atoms. The number of hydrogen-bond donors (Lipinski definition) is 2. The Balaban J connectivity index is 2.37. The molecule has 1 atom stereocenters. The number of aromatic nitrogens is 2. The minimum Gasteiger partial charge on any atom is -0.214 e. The summed E-state index contributed by atoms with van der Waals surface area (Å²) in [7, 11) is -2.80. The fourth-order valence-electron chi connectivity index (χ4n) is 1.37. The summed E-state index contributed by atoms with van der Waals surface area (Å²) in [6, 6.07) is 10.4. The highest BCUT2D eigenvalue weighted by atomic mass is 79.9. The van der Waals surface area contributed by atoms with Gasteiger partial charge in [0, 0.05) is 19.7 Å². The van der Waals surface area contributed by atoms with Crippen molar-refractivity contribution in [2.75, 3.05) is 5.48 Å². The van der Waals surface area contributed by atoms with E-state index >= 15 is 0 Å². The van der Waals surface area contributed by atoms with Crippen LogP contribution in [0.4, 0.5) is 5.82 Å². The summed E-state index contributed by atoms with van der Waals surface area (Å²) in [6.45, 7) is 0. The van der Waals surface area contributed by atoms with E-state index in [0.717, 1.165) is 4.47 Å². The maximum Gasteiger partial charge on any atom is 0.719 e. The van der Waals surface area contributed by atoms with Crippen molar-refractivity contribution in [1.82, 2.24) is 9.78 Å². The Labute approximate surface area is 117 Å². The summed E-state index contributed by atoms with van der Waals surface area (Å²) in [5.74, 6) is 0.274. The lowest BCUT2D eigenvalue weighted by Gasteiger charge is -2.05. The molecule has 1 aromatic carbocycles. The van der Waals surface area contributed by atoms with E-state index in [1.54, 1.807) is 24.3 Å². The standard InChI is InChI=1S/C10H6BrN4O3P/c11-7-1-3-9(4-2-7)15-10(14-18-19(16)17)5-8(6-12)13-15/h1-5,14H/p+1. The van der Waals surface area contributed by atoms with Crippen LogP contribution >= 0.6 is 24.2 Å². The molecule has 9 heteroatoms. The van der Waals surface area contributed by atoms with Gasteiger partial charge >= 0.3 is 8.25 Å². The average Bonchev–Trinajstić information content (AvgIpc) is 2.80. The lowest BCUT2D eigenvalue weighted by molar-refractivity contribution is 0.336. The normalized spacial score (nSPS) is 10.9. The van der Waals surface area contributed by atoms with Crippen LogP contribution in [0.25, 0.3) is 5.69 Å². The molecule has 1 aromatic heterocycles. The Hall–Kier alpha value is -1.78. The van der Waals surface area contributed by atoms with Gasteiger partial charge in [0.25, 0.3) is 0 Å². The number of nitrogens with zero attached hydrogens (tertiary/aromatic N) is 3. The van der Waals surface area contributed by atoms with Gasteiger partial charge in [-0.25, -0.2) is 4.68 Å². The third kappa shape index (κ3) is 3.36. The molecule has 0 aliphatic carbocycles. The number of hydrogen-bond acceptors (Lipinski definition) is 5. The number of anilines is 1. The van der Waals surface area contributed by atoms with Crippen molar-refractivity contribution < 1.29 is 14.1 Å². The van der Waals surface area contributed by atoms with E-state index in [1.165, 1.54) is 10.7 Å². The Bertz CT molecular complexity index is 650. The molecule has 0 spiro atoms. The first-order valence-electron chi connectivity index (χ1n) is 4.95. The van der Waals surface area contributed by atoms with Crippen LogP contribution in [0.1, 0.15) is 5.69 Å². The fraction of sp³-hybridized carbons (Fsp3) is 0. The van der Waals surface area contributed by atoms with Crippen LogP contribution in [0.2, 0.25) is 0 Å². The largest absolute Gasteiger partial charge is 0.719 e. The van der Waals surface area contributed by atoms with E-state index in [4.69, 9.17) is 10.2 Å². The summed E-state index contributed by atoms with van der Waals surface area (Å²) in [4.78, 5) is 8.60. The van der Waals surface area contributed by atoms with Gasteiger partial charge in [0.2, 0.25) is 0 Å². The van der Waals surface area contributed by atoms with E-state index < -0.39 is 8.25 Å². The van der Waals surface area contributed by atoms with Gasteiger partial charge in [-0.15, -0.1) is 4.89 Å². The molecule has 1 heterocycles. The zero-order valence-corrected chi connectivity index (χ0v) is 11.8. The van der Waals surface area contributed by atoms with Crippen molar-refractivity contribution in [3.05, 3.63) is 40.5 Å². The van der Waals surface area contributed by atoms with Gasteiger partial charge in [-0.3, -0.25) is 0 Å². The highest BCUT2D eigenvalue weighted by Crippen LogP contribution is 2.22. The third-order valence-electron chi connectivity index (χ3n) is 2.12. The van der Waals surface area contributed by atoms with Gasteiger partial charge in [-0.1, -0.05) is 15.9 Å². The summed E-state index contributed by atoms with van der Waals surface area (Å²) >= 11 is 3.31. The third-order valence-corrected chi connectivity index (χ3v) is 2.90. The van der Waals surface area contributed by atoms with Crippen LogP contribution in [0.5, 0.6) is 0 Å². The smallest absolute Gasteiger partial charge is 0.214 e. The Kier molecular flexibility index (Phi) is 4.24. The van der Waals surface area contributed by atoms with Crippen LogP contribution in [-0.4, -0.2) is 14.7 Å². The molecule has 2 rings (SSSR count). The van der Waals surface area contributed by atoms with Crippen molar-refractivity contribution in [3.8, 4) is 11.8 Å². The first-order chi connectivity index (χ1) is 9.10. The highest BCUT2D eigenvalue weighted by molar-refractivity contribution is 9.10. The van der Waals surface area contributed by atoms with E-state index in [1.807, 2.05) is 6.07 Å². The zero-order chi connectivity index (χ0) is 13.8. The molecule has 2 N–H and O–H groups in total. The lowest BCUT2D eigenvalue weighted by atomic mass is 10.3. The molecule has 19 heavy (non-hydrogen) atoms. The summed E-state index contributed by atoms with van der Waals surface area (Å²) in [5.41, 5.74) is 3.11. The monoisotopic (exact) mass is 341 g/mol. The van der Waals surface area contributed by atoms with Gasteiger partial charge in [-0.2, -0.15) is 15.8 Å². The van der Waals surface area contributed by atoms with Crippen LogP contribution in [-0.2, 0) is 9.19 Å². The number of halogens is 1. The number of benzene rings is 1. The molecule has 96 valence electrons. The van der Waals surface area contributed by atoms with Gasteiger partial charge in [0.15, 0.2) is 11.5 Å². The molecule has 0 aliphatic heterocycles. The van der Waals surface area contributed by atoms with Crippen molar-refractivity contribution in [3.63, 3.8) is 0 Å². The van der Waals surface area contributed by atoms with Crippen LogP contribution in [0, 0.1) is 11.3 Å². The molecular weight excluding hydrogens is 335 g/mol. The second-order valence-corrected chi connectivity index (χ2v) is 4.92. The number of nitriles is 1. The summed E-state index contributed by atoms with van der Waals surface area (Å²) < 4.78 is 17.2. The Morgan fingerprint density at radius 1 is 1.47 bits per heavy atom. The van der Waals surface area contributed by atoms with E-state index in [2.05, 4.69) is 31.1 Å². The molecule has 0 fully saturated rings. The van der Waals surface area contributed by atoms with E-state index in [0.29, 0.717) is 5.69 Å². The van der Waals surface area contributed by atoms with Crippen molar-refractivity contribution in [1.29, 1.82) is 5.26 Å². The second-order valence-electron chi connectivity index (χ2n) is 3.35. The molecule has 0 radical (unpaired) electrons. The molecular formula is C10H7BrN4O3P+. The molecule has 7 nitrogen and oxygen atoms in total. The molecule has 0 amide bonds. The first-order valence-corrected chi connectivity index (χ1v) is 6.87. The SMILES string of the molecule is N#Cc1cc(NO[P+](=O)O)n(-c2ccc(Br)cc2)n1. The predicted octanol–water partition coefficient (Wildman–Crippen LogP) is 2.50. The molecule has 0 saturated carbocycles. The lowest BCUT2D eigenvalue weighted by Crippen LogP contribution is -2.04. The maximum atomic E-state index is 10.5. The Morgan fingerprint density at radius 2 is 2.16 bits per heavy atom. The minimum absolute atomic E-state index is 0.155. The van der Waals surface area contributed by atoms with Gasteiger partial charge in [0.1, 0.15) is 6.07 Å². The quantitative estimate of drug-likeness (QED) is 0.654. The van der Waals surface area contributed by atoms with Crippen LogP contribution in [0.3, 0.4) is 0 Å². The van der Waals surface area contributed by atoms with Crippen molar-refractivity contribution >= 4 is 30.0 Å². The van der Waals surface area contributed by atoms with Crippen LogP contribution < -0.4 is 5.48 Å².